The van der Waals surface area contributed by atoms with Crippen LogP contribution in [0.2, 0.25) is 0 Å². The Kier molecular flexibility index (Phi) is 5.92. The Hall–Kier alpha value is -3.36. The van der Waals surface area contributed by atoms with E-state index < -0.39 is 22.0 Å². The van der Waals surface area contributed by atoms with Gasteiger partial charge in [-0.1, -0.05) is 30.3 Å². The summed E-state index contributed by atoms with van der Waals surface area (Å²) in [4.78, 5) is 16.3. The van der Waals surface area contributed by atoms with E-state index in [4.69, 9.17) is 4.42 Å². The molecule has 0 unspecified atom stereocenters. The zero-order valence-electron chi connectivity index (χ0n) is 17.0. The van der Waals surface area contributed by atoms with Crippen LogP contribution in [0, 0.1) is 6.92 Å². The molecule has 1 amide bonds. The number of hydrogen-bond acceptors (Lipinski definition) is 4. The van der Waals surface area contributed by atoms with Crippen molar-refractivity contribution in [1.29, 1.82) is 0 Å². The summed E-state index contributed by atoms with van der Waals surface area (Å²) in [5, 5.41) is 3.71. The molecule has 7 nitrogen and oxygen atoms in total. The molecule has 4 rings (SSSR count). The van der Waals surface area contributed by atoms with Crippen LogP contribution in [0.1, 0.15) is 16.9 Å². The average Bonchev–Trinajstić information content (AvgIpc) is 3.42. The summed E-state index contributed by atoms with van der Waals surface area (Å²) in [6, 6.07) is 16.7. The molecule has 0 spiro atoms. The fraction of sp³-hybridized carbons (Fsp3) is 0.174. The first-order valence-corrected chi connectivity index (χ1v) is 11.3. The van der Waals surface area contributed by atoms with E-state index in [9.17, 15) is 13.2 Å². The number of carbonyl (C=O) groups excluding carboxylic acids is 1. The molecule has 0 aliphatic heterocycles. The van der Waals surface area contributed by atoms with Crippen molar-refractivity contribution >= 4 is 26.8 Å². The highest BCUT2D eigenvalue weighted by Crippen LogP contribution is 2.20. The Balaban J connectivity index is 1.60. The first-order chi connectivity index (χ1) is 14.9. The Morgan fingerprint density at radius 2 is 1.94 bits per heavy atom. The predicted molar refractivity (Wildman–Crippen MR) is 118 cm³/mol. The van der Waals surface area contributed by atoms with Crippen molar-refractivity contribution in [2.75, 3.05) is 0 Å². The van der Waals surface area contributed by atoms with Crippen LogP contribution in [0.25, 0.3) is 10.9 Å². The fourth-order valence-corrected chi connectivity index (χ4v) is 4.76. The summed E-state index contributed by atoms with van der Waals surface area (Å²) in [7, 11) is -3.90. The second-order valence-corrected chi connectivity index (χ2v) is 9.07. The molecule has 31 heavy (non-hydrogen) atoms. The number of nitrogens with one attached hydrogen (secondary N) is 3. The van der Waals surface area contributed by atoms with Crippen LogP contribution in [0.5, 0.6) is 0 Å². The number of aromatic nitrogens is 1. The molecule has 3 N–H and O–H groups in total. The lowest BCUT2D eigenvalue weighted by Crippen LogP contribution is -2.47. The number of carbonyl (C=O) groups is 1. The lowest BCUT2D eigenvalue weighted by molar-refractivity contribution is -0.122. The van der Waals surface area contributed by atoms with Gasteiger partial charge in [-0.3, -0.25) is 4.79 Å². The Morgan fingerprint density at radius 1 is 1.10 bits per heavy atom. The molecule has 0 saturated carbocycles. The molecule has 160 valence electrons. The molecule has 2 heterocycles. The summed E-state index contributed by atoms with van der Waals surface area (Å²) < 4.78 is 33.9. The number of sulfonamides is 1. The monoisotopic (exact) mass is 437 g/mol. The molecule has 0 aliphatic carbocycles. The quantitative estimate of drug-likeness (QED) is 0.393. The van der Waals surface area contributed by atoms with Crippen molar-refractivity contribution < 1.29 is 17.6 Å². The highest BCUT2D eigenvalue weighted by molar-refractivity contribution is 7.89. The molecule has 2 aromatic heterocycles. The number of rotatable bonds is 8. The van der Waals surface area contributed by atoms with Gasteiger partial charge in [0.05, 0.1) is 17.7 Å². The van der Waals surface area contributed by atoms with E-state index in [1.807, 2.05) is 37.3 Å². The van der Waals surface area contributed by atoms with E-state index >= 15 is 0 Å². The molecule has 0 bridgehead atoms. The number of amides is 1. The van der Waals surface area contributed by atoms with E-state index in [1.54, 1.807) is 30.5 Å². The smallest absolute Gasteiger partial charge is 0.241 e. The van der Waals surface area contributed by atoms with Crippen molar-refractivity contribution in [1.82, 2.24) is 15.0 Å². The highest BCUT2D eigenvalue weighted by Gasteiger charge is 2.27. The summed E-state index contributed by atoms with van der Waals surface area (Å²) >= 11 is 0. The number of fused-ring (bicyclic) bond motifs is 1. The third-order valence-electron chi connectivity index (χ3n) is 5.03. The van der Waals surface area contributed by atoms with Gasteiger partial charge in [-0.15, -0.1) is 0 Å². The van der Waals surface area contributed by atoms with E-state index in [-0.39, 0.29) is 17.9 Å². The number of benzene rings is 2. The number of furan rings is 1. The average molecular weight is 438 g/mol. The lowest BCUT2D eigenvalue weighted by atomic mass is 10.1. The first kappa shape index (κ1) is 20.9. The molecule has 0 radical (unpaired) electrons. The molecular weight excluding hydrogens is 414 g/mol. The predicted octanol–water partition coefficient (Wildman–Crippen LogP) is 3.28. The summed E-state index contributed by atoms with van der Waals surface area (Å²) in [5.41, 5.74) is 2.59. The van der Waals surface area contributed by atoms with Crippen molar-refractivity contribution in [3.63, 3.8) is 0 Å². The van der Waals surface area contributed by atoms with Gasteiger partial charge < -0.3 is 14.7 Å². The van der Waals surface area contributed by atoms with Crippen LogP contribution < -0.4 is 10.0 Å². The third kappa shape index (κ3) is 4.87. The minimum atomic E-state index is -3.90. The second-order valence-electron chi connectivity index (χ2n) is 7.35. The van der Waals surface area contributed by atoms with Gasteiger partial charge in [0.1, 0.15) is 11.8 Å². The Bertz CT molecular complexity index is 1290. The summed E-state index contributed by atoms with van der Waals surface area (Å²) in [6.07, 6.45) is 3.52. The molecular formula is C23H23N3O4S. The molecule has 2 aromatic carbocycles. The highest BCUT2D eigenvalue weighted by atomic mass is 32.2. The largest absolute Gasteiger partial charge is 0.467 e. The standard InChI is InChI=1S/C23H23N3O4S/c1-16-6-4-8-19(12-16)31(28,29)26-22(23(27)25-15-18-7-5-11-30-18)13-17-14-24-21-10-3-2-9-20(17)21/h2-12,14,22,24,26H,13,15H2,1H3,(H,25,27)/t22-/m1/s1. The van der Waals surface area contributed by atoms with Gasteiger partial charge in [0.2, 0.25) is 15.9 Å². The van der Waals surface area contributed by atoms with E-state index in [0.29, 0.717) is 5.76 Å². The molecule has 0 aliphatic rings. The summed E-state index contributed by atoms with van der Waals surface area (Å²) in [6.45, 7) is 1.99. The van der Waals surface area contributed by atoms with Crippen molar-refractivity contribution in [3.8, 4) is 0 Å². The molecule has 0 fully saturated rings. The minimum absolute atomic E-state index is 0.121. The van der Waals surface area contributed by atoms with Gasteiger partial charge >= 0.3 is 0 Å². The van der Waals surface area contributed by atoms with Gasteiger partial charge in [0.25, 0.3) is 0 Å². The topological polar surface area (TPSA) is 104 Å². The summed E-state index contributed by atoms with van der Waals surface area (Å²) in [5.74, 6) is 0.152. The maximum atomic E-state index is 13.0. The Morgan fingerprint density at radius 3 is 2.71 bits per heavy atom. The van der Waals surface area contributed by atoms with Gasteiger partial charge in [-0.2, -0.15) is 4.72 Å². The molecule has 4 aromatic rings. The van der Waals surface area contributed by atoms with E-state index in [0.717, 1.165) is 22.0 Å². The zero-order chi connectivity index (χ0) is 21.8. The molecule has 0 saturated heterocycles. The number of aromatic amines is 1. The van der Waals surface area contributed by atoms with E-state index in [2.05, 4.69) is 15.0 Å². The van der Waals surface area contributed by atoms with Gasteiger partial charge in [0, 0.05) is 17.1 Å². The molecule has 8 heteroatoms. The van der Waals surface area contributed by atoms with Gasteiger partial charge in [0.15, 0.2) is 0 Å². The normalized spacial score (nSPS) is 12.7. The second kappa shape index (κ2) is 8.79. The van der Waals surface area contributed by atoms with Crippen LogP contribution >= 0.6 is 0 Å². The SMILES string of the molecule is Cc1cccc(S(=O)(=O)N[C@H](Cc2c[nH]c3ccccc23)C(=O)NCc2ccco2)c1. The zero-order valence-corrected chi connectivity index (χ0v) is 17.8. The van der Waals surface area contributed by atoms with Crippen LogP contribution in [-0.2, 0) is 27.8 Å². The Labute approximate surface area is 180 Å². The van der Waals surface area contributed by atoms with Crippen molar-refractivity contribution in [2.45, 2.75) is 30.8 Å². The lowest BCUT2D eigenvalue weighted by Gasteiger charge is -2.18. The van der Waals surface area contributed by atoms with Crippen LogP contribution in [0.15, 0.2) is 82.4 Å². The molecule has 1 atom stereocenters. The number of H-pyrrole nitrogens is 1. The fourth-order valence-electron chi connectivity index (χ4n) is 3.46. The number of aryl methyl sites for hydroxylation is 1. The van der Waals surface area contributed by atoms with Crippen molar-refractivity contribution in [3.05, 3.63) is 90.0 Å². The van der Waals surface area contributed by atoms with Crippen LogP contribution in [-0.4, -0.2) is 25.4 Å². The minimum Gasteiger partial charge on any atom is -0.467 e. The first-order valence-electron chi connectivity index (χ1n) is 9.86. The van der Waals surface area contributed by atoms with Crippen molar-refractivity contribution in [2.24, 2.45) is 0 Å². The van der Waals surface area contributed by atoms with Gasteiger partial charge in [-0.05, 0) is 54.8 Å². The van der Waals surface area contributed by atoms with E-state index in [1.165, 1.54) is 12.3 Å². The third-order valence-corrected chi connectivity index (χ3v) is 6.50. The number of hydrogen-bond donors (Lipinski definition) is 3. The van der Waals surface area contributed by atoms with Gasteiger partial charge in [-0.25, -0.2) is 8.42 Å². The maximum Gasteiger partial charge on any atom is 0.241 e. The maximum absolute atomic E-state index is 13.0. The number of para-hydroxylation sites is 1. The van der Waals surface area contributed by atoms with Crippen LogP contribution in [0.4, 0.5) is 0 Å². The van der Waals surface area contributed by atoms with Crippen LogP contribution in [0.3, 0.4) is 0 Å².